The third-order valence-corrected chi connectivity index (χ3v) is 5.96. The molecule has 1 unspecified atom stereocenters. The van der Waals surface area contributed by atoms with Crippen molar-refractivity contribution in [3.8, 4) is 0 Å². The maximum Gasteiger partial charge on any atom is 0.284 e. The Morgan fingerprint density at radius 1 is 1.24 bits per heavy atom. The van der Waals surface area contributed by atoms with Gasteiger partial charge in [0.05, 0.1) is 10.1 Å². The molecule has 1 aromatic carbocycles. The molecular formula is C14H18N2O3S2. The number of amides is 1. The molecule has 0 radical (unpaired) electrons. The van der Waals surface area contributed by atoms with Gasteiger partial charge >= 0.3 is 0 Å². The van der Waals surface area contributed by atoms with E-state index in [1.165, 1.54) is 28.8 Å². The van der Waals surface area contributed by atoms with Crippen molar-refractivity contribution in [2.24, 2.45) is 4.40 Å². The van der Waals surface area contributed by atoms with Crippen LogP contribution in [0.1, 0.15) is 25.8 Å². The summed E-state index contributed by atoms with van der Waals surface area (Å²) in [7, 11) is -3.79. The molecule has 0 N–H and O–H groups in total. The molecule has 2 rings (SSSR count). The first-order chi connectivity index (χ1) is 9.89. The van der Waals surface area contributed by atoms with Crippen LogP contribution in [0.25, 0.3) is 0 Å². The highest BCUT2D eigenvalue weighted by atomic mass is 32.2. The number of benzene rings is 1. The van der Waals surface area contributed by atoms with Gasteiger partial charge in [0.25, 0.3) is 10.0 Å². The SMILES string of the molecule is CCC1S/C(=N\S(=O)(=O)c2ccc(C)cc2)N(CC)C1=O. The molecule has 0 aromatic heterocycles. The zero-order valence-corrected chi connectivity index (χ0v) is 13.9. The first-order valence-electron chi connectivity index (χ1n) is 6.78. The zero-order valence-electron chi connectivity index (χ0n) is 12.2. The minimum Gasteiger partial charge on any atom is -0.290 e. The fraction of sp³-hybridized carbons (Fsp3) is 0.429. The van der Waals surface area contributed by atoms with Gasteiger partial charge < -0.3 is 0 Å². The van der Waals surface area contributed by atoms with Crippen molar-refractivity contribution in [3.05, 3.63) is 29.8 Å². The second-order valence-electron chi connectivity index (χ2n) is 4.76. The number of carbonyl (C=O) groups excluding carboxylic acids is 1. The number of thioether (sulfide) groups is 1. The highest BCUT2D eigenvalue weighted by Gasteiger charge is 2.37. The molecule has 1 fully saturated rings. The topological polar surface area (TPSA) is 66.8 Å². The van der Waals surface area contributed by atoms with Crippen LogP contribution in [0.4, 0.5) is 0 Å². The molecule has 0 bridgehead atoms. The molecule has 1 saturated heterocycles. The number of carbonyl (C=O) groups is 1. The molecule has 1 heterocycles. The number of aryl methyl sites for hydroxylation is 1. The number of rotatable bonds is 4. The zero-order chi connectivity index (χ0) is 15.6. The summed E-state index contributed by atoms with van der Waals surface area (Å²) in [6, 6.07) is 6.52. The minimum atomic E-state index is -3.79. The average molecular weight is 326 g/mol. The molecule has 1 aliphatic heterocycles. The number of sulfonamides is 1. The molecule has 1 amide bonds. The van der Waals surface area contributed by atoms with Crippen LogP contribution in [-0.2, 0) is 14.8 Å². The first-order valence-corrected chi connectivity index (χ1v) is 9.10. The van der Waals surface area contributed by atoms with Gasteiger partial charge in [-0.2, -0.15) is 8.42 Å². The summed E-state index contributed by atoms with van der Waals surface area (Å²) in [5.74, 6) is -0.0668. The van der Waals surface area contributed by atoms with Crippen LogP contribution in [0.15, 0.2) is 33.6 Å². The van der Waals surface area contributed by atoms with E-state index in [0.29, 0.717) is 13.0 Å². The van der Waals surface area contributed by atoms with E-state index in [-0.39, 0.29) is 21.2 Å². The Balaban J connectivity index is 2.37. The van der Waals surface area contributed by atoms with Crippen molar-refractivity contribution >= 4 is 32.9 Å². The Kier molecular flexibility index (Phi) is 4.73. The maximum absolute atomic E-state index is 12.3. The van der Waals surface area contributed by atoms with Crippen LogP contribution < -0.4 is 0 Å². The third-order valence-electron chi connectivity index (χ3n) is 3.22. The van der Waals surface area contributed by atoms with Gasteiger partial charge in [-0.1, -0.05) is 36.4 Å². The van der Waals surface area contributed by atoms with Gasteiger partial charge in [-0.25, -0.2) is 0 Å². The van der Waals surface area contributed by atoms with Gasteiger partial charge in [0.15, 0.2) is 5.17 Å². The van der Waals surface area contributed by atoms with Crippen molar-refractivity contribution in [2.45, 2.75) is 37.3 Å². The summed E-state index contributed by atoms with van der Waals surface area (Å²) in [6.45, 7) is 6.02. The van der Waals surface area contributed by atoms with Crippen LogP contribution in [0, 0.1) is 6.92 Å². The fourth-order valence-corrected chi connectivity index (χ4v) is 4.35. The average Bonchev–Trinajstić information content (AvgIpc) is 2.74. The van der Waals surface area contributed by atoms with Crippen molar-refractivity contribution in [1.82, 2.24) is 4.90 Å². The van der Waals surface area contributed by atoms with Crippen LogP contribution in [0.5, 0.6) is 0 Å². The molecule has 21 heavy (non-hydrogen) atoms. The lowest BCUT2D eigenvalue weighted by Gasteiger charge is -2.12. The molecule has 0 saturated carbocycles. The van der Waals surface area contributed by atoms with Crippen molar-refractivity contribution in [1.29, 1.82) is 0 Å². The Morgan fingerprint density at radius 3 is 2.38 bits per heavy atom. The molecule has 1 aliphatic rings. The lowest BCUT2D eigenvalue weighted by atomic mass is 10.2. The number of hydrogen-bond acceptors (Lipinski definition) is 4. The van der Waals surface area contributed by atoms with Crippen LogP contribution in [-0.4, -0.2) is 36.2 Å². The standard InChI is InChI=1S/C14H18N2O3S2/c1-4-12-13(17)16(5-2)14(20-12)15-21(18,19)11-8-6-10(3)7-9-11/h6-9,12H,4-5H2,1-3H3/b15-14-. The fourth-order valence-electron chi connectivity index (χ4n) is 1.99. The highest BCUT2D eigenvalue weighted by Crippen LogP contribution is 2.30. The summed E-state index contributed by atoms with van der Waals surface area (Å²) in [6.07, 6.45) is 0.656. The van der Waals surface area contributed by atoms with Crippen molar-refractivity contribution < 1.29 is 13.2 Å². The van der Waals surface area contributed by atoms with E-state index in [9.17, 15) is 13.2 Å². The van der Waals surface area contributed by atoms with Gasteiger partial charge in [-0.3, -0.25) is 9.69 Å². The van der Waals surface area contributed by atoms with E-state index in [1.54, 1.807) is 12.1 Å². The van der Waals surface area contributed by atoms with E-state index in [2.05, 4.69) is 4.40 Å². The molecule has 114 valence electrons. The number of amidine groups is 1. The lowest BCUT2D eigenvalue weighted by molar-refractivity contribution is -0.126. The molecular weight excluding hydrogens is 308 g/mol. The second-order valence-corrected chi connectivity index (χ2v) is 7.53. The molecule has 7 heteroatoms. The Morgan fingerprint density at radius 2 is 1.86 bits per heavy atom. The Labute approximate surface area is 129 Å². The minimum absolute atomic E-state index is 0.0668. The van der Waals surface area contributed by atoms with Gasteiger partial charge in [-0.05, 0) is 32.4 Å². The summed E-state index contributed by atoms with van der Waals surface area (Å²) in [5, 5.41) is 0.0341. The van der Waals surface area contributed by atoms with Gasteiger partial charge in [-0.15, -0.1) is 4.40 Å². The lowest BCUT2D eigenvalue weighted by Crippen LogP contribution is -2.32. The summed E-state index contributed by atoms with van der Waals surface area (Å²) in [5.41, 5.74) is 0.980. The first kappa shape index (κ1) is 16.0. The highest BCUT2D eigenvalue weighted by molar-refractivity contribution is 8.16. The van der Waals surface area contributed by atoms with E-state index in [0.717, 1.165) is 5.56 Å². The number of nitrogens with zero attached hydrogens (tertiary/aromatic N) is 2. The molecule has 1 atom stereocenters. The summed E-state index contributed by atoms with van der Waals surface area (Å²) < 4.78 is 28.5. The smallest absolute Gasteiger partial charge is 0.284 e. The third kappa shape index (κ3) is 3.29. The van der Waals surface area contributed by atoms with Crippen LogP contribution >= 0.6 is 11.8 Å². The Bertz CT molecular complexity index is 666. The predicted octanol–water partition coefficient (Wildman–Crippen LogP) is 2.41. The van der Waals surface area contributed by atoms with E-state index in [1.807, 2.05) is 20.8 Å². The van der Waals surface area contributed by atoms with E-state index >= 15 is 0 Å². The quantitative estimate of drug-likeness (QED) is 0.852. The largest absolute Gasteiger partial charge is 0.290 e. The van der Waals surface area contributed by atoms with Gasteiger partial charge in [0.1, 0.15) is 0 Å². The van der Waals surface area contributed by atoms with Crippen molar-refractivity contribution in [3.63, 3.8) is 0 Å². The molecule has 0 aliphatic carbocycles. The van der Waals surface area contributed by atoms with Crippen LogP contribution in [0.2, 0.25) is 0 Å². The summed E-state index contributed by atoms with van der Waals surface area (Å²) >= 11 is 1.22. The van der Waals surface area contributed by atoms with Gasteiger partial charge in [0.2, 0.25) is 5.91 Å². The van der Waals surface area contributed by atoms with Crippen molar-refractivity contribution in [2.75, 3.05) is 6.54 Å². The van der Waals surface area contributed by atoms with E-state index < -0.39 is 10.0 Å². The number of hydrogen-bond donors (Lipinski definition) is 0. The molecule has 0 spiro atoms. The molecule has 5 nitrogen and oxygen atoms in total. The normalized spacial score (nSPS) is 21.3. The van der Waals surface area contributed by atoms with Gasteiger partial charge in [0, 0.05) is 6.54 Å². The Hall–Kier alpha value is -1.34. The second kappa shape index (κ2) is 6.19. The summed E-state index contributed by atoms with van der Waals surface area (Å²) in [4.78, 5) is 13.7. The molecule has 1 aromatic rings. The van der Waals surface area contributed by atoms with E-state index in [4.69, 9.17) is 0 Å². The van der Waals surface area contributed by atoms with Crippen LogP contribution in [0.3, 0.4) is 0 Å². The maximum atomic E-state index is 12.3. The monoisotopic (exact) mass is 326 g/mol. The predicted molar refractivity (Wildman–Crippen MR) is 84.9 cm³/mol.